The number of fused-ring (bicyclic) bond motifs is 3. The molecule has 2 heterocycles. The lowest BCUT2D eigenvalue weighted by molar-refractivity contribution is -0.885. The number of aromatic nitrogens is 2. The lowest BCUT2D eigenvalue weighted by Crippen LogP contribution is -3.08. The van der Waals surface area contributed by atoms with E-state index in [4.69, 9.17) is 4.74 Å². The van der Waals surface area contributed by atoms with Gasteiger partial charge >= 0.3 is 0 Å². The summed E-state index contributed by atoms with van der Waals surface area (Å²) in [6.07, 6.45) is 3.13. The fraction of sp³-hybridized carbons (Fsp3) is 0.350. The molecule has 1 atom stereocenters. The fourth-order valence-electron chi connectivity index (χ4n) is 3.66. The molecule has 3 N–H and O–H groups in total. The van der Waals surface area contributed by atoms with Gasteiger partial charge in [0, 0.05) is 16.6 Å². The average Bonchev–Trinajstić information content (AvgIpc) is 3.22. The summed E-state index contributed by atoms with van der Waals surface area (Å²) in [6.45, 7) is 0.735. The first-order valence-electron chi connectivity index (χ1n) is 9.32. The van der Waals surface area contributed by atoms with Crippen molar-refractivity contribution in [2.24, 2.45) is 0 Å². The third-order valence-electron chi connectivity index (χ3n) is 4.91. The molecule has 0 bridgehead atoms. The number of nitrogens with zero attached hydrogens (tertiary/aromatic N) is 1. The van der Waals surface area contributed by atoms with Crippen molar-refractivity contribution in [3.8, 4) is 5.75 Å². The molecule has 0 aliphatic heterocycles. The SMILES string of the molecule is COc1cccc(NC(=O)C[NH+](C)Cc2nc3sc4c(c3c(=O)[nH]2)CCC4)c1. The number of hydrogen-bond acceptors (Lipinski definition) is 5. The number of benzene rings is 1. The number of aromatic amines is 1. The number of H-pyrrole nitrogens is 1. The number of hydrogen-bond donors (Lipinski definition) is 3. The number of carbonyl (C=O) groups excluding carboxylic acids is 1. The minimum atomic E-state index is -0.107. The van der Waals surface area contributed by atoms with Crippen LogP contribution in [0.15, 0.2) is 29.1 Å². The van der Waals surface area contributed by atoms with Gasteiger partial charge in [-0.15, -0.1) is 11.3 Å². The lowest BCUT2D eigenvalue weighted by Gasteiger charge is -2.13. The van der Waals surface area contributed by atoms with Gasteiger partial charge in [0.1, 0.15) is 17.1 Å². The number of methoxy groups -OCH3 is 1. The molecule has 1 unspecified atom stereocenters. The van der Waals surface area contributed by atoms with Crippen molar-refractivity contribution in [1.29, 1.82) is 0 Å². The van der Waals surface area contributed by atoms with Gasteiger partial charge in [-0.25, -0.2) is 4.98 Å². The van der Waals surface area contributed by atoms with E-state index < -0.39 is 0 Å². The Labute approximate surface area is 166 Å². The summed E-state index contributed by atoms with van der Waals surface area (Å²) >= 11 is 1.63. The minimum Gasteiger partial charge on any atom is -0.497 e. The van der Waals surface area contributed by atoms with Gasteiger partial charge in [-0.1, -0.05) is 6.07 Å². The maximum atomic E-state index is 12.5. The standard InChI is InChI=1S/C20H22N4O3S/c1-24(11-17(25)21-12-5-3-6-13(9-12)27-2)10-16-22-19(26)18-14-7-4-8-15(14)28-20(18)23-16/h3,5-6,9H,4,7-8,10-11H2,1-2H3,(H,21,25)(H,22,23,26)/p+1. The van der Waals surface area contributed by atoms with Gasteiger partial charge < -0.3 is 19.9 Å². The first-order valence-corrected chi connectivity index (χ1v) is 10.1. The summed E-state index contributed by atoms with van der Waals surface area (Å²) in [6, 6.07) is 7.24. The highest BCUT2D eigenvalue weighted by atomic mass is 32.1. The van der Waals surface area contributed by atoms with E-state index in [0.717, 1.165) is 34.4 Å². The van der Waals surface area contributed by atoms with Crippen LogP contribution in [0.4, 0.5) is 5.69 Å². The Kier molecular flexibility index (Phi) is 5.15. The molecule has 0 saturated carbocycles. The highest BCUT2D eigenvalue weighted by Gasteiger charge is 2.22. The molecule has 1 aliphatic carbocycles. The predicted molar refractivity (Wildman–Crippen MR) is 109 cm³/mol. The maximum absolute atomic E-state index is 12.5. The van der Waals surface area contributed by atoms with Gasteiger partial charge in [0.25, 0.3) is 11.5 Å². The number of aryl methyl sites for hydroxylation is 2. The van der Waals surface area contributed by atoms with Crippen molar-refractivity contribution in [3.05, 3.63) is 50.9 Å². The zero-order valence-electron chi connectivity index (χ0n) is 15.9. The van der Waals surface area contributed by atoms with Gasteiger partial charge in [-0.2, -0.15) is 0 Å². The quantitative estimate of drug-likeness (QED) is 0.580. The van der Waals surface area contributed by atoms with Crippen molar-refractivity contribution >= 4 is 33.1 Å². The van der Waals surface area contributed by atoms with Crippen LogP contribution in [0, 0.1) is 0 Å². The normalized spacial score (nSPS) is 14.1. The van der Waals surface area contributed by atoms with Crippen LogP contribution < -0.4 is 20.5 Å². The van der Waals surface area contributed by atoms with Crippen molar-refractivity contribution in [2.75, 3.05) is 26.0 Å². The molecular formula is C20H23N4O3S+. The summed E-state index contributed by atoms with van der Waals surface area (Å²) in [5, 5.41) is 3.63. The van der Waals surface area contributed by atoms with E-state index in [2.05, 4.69) is 15.3 Å². The Hall–Kier alpha value is -2.71. The van der Waals surface area contributed by atoms with E-state index in [1.807, 2.05) is 25.2 Å². The average molecular weight is 399 g/mol. The van der Waals surface area contributed by atoms with Crippen LogP contribution in [0.5, 0.6) is 5.75 Å². The zero-order chi connectivity index (χ0) is 19.7. The number of rotatable bonds is 6. The van der Waals surface area contributed by atoms with Gasteiger partial charge in [0.15, 0.2) is 12.4 Å². The van der Waals surface area contributed by atoms with E-state index in [1.54, 1.807) is 24.5 Å². The Balaban J connectivity index is 1.42. The first-order chi connectivity index (χ1) is 13.5. The van der Waals surface area contributed by atoms with Crippen LogP contribution in [-0.4, -0.2) is 36.6 Å². The van der Waals surface area contributed by atoms with E-state index in [9.17, 15) is 9.59 Å². The number of anilines is 1. The van der Waals surface area contributed by atoms with Crippen LogP contribution in [0.2, 0.25) is 0 Å². The molecular weight excluding hydrogens is 376 g/mol. The minimum absolute atomic E-state index is 0.0620. The molecule has 0 radical (unpaired) electrons. The van der Waals surface area contributed by atoms with Gasteiger partial charge in [-0.3, -0.25) is 9.59 Å². The molecule has 1 aliphatic rings. The Bertz CT molecular complexity index is 1090. The number of amides is 1. The second-order valence-corrected chi connectivity index (χ2v) is 8.22. The van der Waals surface area contributed by atoms with E-state index in [0.29, 0.717) is 23.8 Å². The Morgan fingerprint density at radius 2 is 2.25 bits per heavy atom. The van der Waals surface area contributed by atoms with Crippen molar-refractivity contribution in [2.45, 2.75) is 25.8 Å². The molecule has 1 amide bonds. The number of likely N-dealkylation sites (N-methyl/N-ethyl adjacent to an activating group) is 1. The summed E-state index contributed by atoms with van der Waals surface area (Å²) in [5.74, 6) is 1.20. The van der Waals surface area contributed by atoms with Crippen LogP contribution in [0.1, 0.15) is 22.7 Å². The van der Waals surface area contributed by atoms with Gasteiger partial charge in [0.05, 0.1) is 19.5 Å². The Morgan fingerprint density at radius 3 is 3.07 bits per heavy atom. The number of nitrogens with one attached hydrogen (secondary N) is 3. The van der Waals surface area contributed by atoms with E-state index in [-0.39, 0.29) is 18.0 Å². The largest absolute Gasteiger partial charge is 0.497 e. The smallest absolute Gasteiger partial charge is 0.279 e. The maximum Gasteiger partial charge on any atom is 0.279 e. The third-order valence-corrected chi connectivity index (χ3v) is 6.09. The van der Waals surface area contributed by atoms with Crippen LogP contribution in [0.25, 0.3) is 10.2 Å². The monoisotopic (exact) mass is 399 g/mol. The third kappa shape index (κ3) is 3.79. The molecule has 0 saturated heterocycles. The van der Waals surface area contributed by atoms with Crippen LogP contribution in [0.3, 0.4) is 0 Å². The highest BCUT2D eigenvalue weighted by Crippen LogP contribution is 2.34. The summed E-state index contributed by atoms with van der Waals surface area (Å²) < 4.78 is 5.17. The summed E-state index contributed by atoms with van der Waals surface area (Å²) in [7, 11) is 3.50. The molecule has 1 aromatic carbocycles. The van der Waals surface area contributed by atoms with E-state index in [1.165, 1.54) is 10.4 Å². The van der Waals surface area contributed by atoms with Gasteiger partial charge in [-0.05, 0) is 37.0 Å². The number of carbonyl (C=O) groups is 1. The van der Waals surface area contributed by atoms with Gasteiger partial charge in [0.2, 0.25) is 0 Å². The molecule has 3 aromatic rings. The molecule has 0 fully saturated rings. The van der Waals surface area contributed by atoms with Crippen molar-refractivity contribution < 1.29 is 14.4 Å². The summed E-state index contributed by atoms with van der Waals surface area (Å²) in [4.78, 5) is 35.5. The van der Waals surface area contributed by atoms with E-state index >= 15 is 0 Å². The fourth-order valence-corrected chi connectivity index (χ4v) is 4.94. The molecule has 28 heavy (non-hydrogen) atoms. The van der Waals surface area contributed by atoms with Crippen LogP contribution >= 0.6 is 11.3 Å². The first kappa shape index (κ1) is 18.6. The topological polar surface area (TPSA) is 88.5 Å². The van der Waals surface area contributed by atoms with Crippen molar-refractivity contribution in [1.82, 2.24) is 9.97 Å². The van der Waals surface area contributed by atoms with Crippen LogP contribution in [-0.2, 0) is 24.2 Å². The highest BCUT2D eigenvalue weighted by molar-refractivity contribution is 7.18. The van der Waals surface area contributed by atoms with Crippen molar-refractivity contribution in [3.63, 3.8) is 0 Å². The predicted octanol–water partition coefficient (Wildman–Crippen LogP) is 1.14. The molecule has 146 valence electrons. The molecule has 4 rings (SSSR count). The molecule has 8 heteroatoms. The zero-order valence-corrected chi connectivity index (χ0v) is 16.7. The number of quaternary nitrogens is 1. The number of thiophene rings is 1. The second kappa shape index (κ2) is 7.73. The Morgan fingerprint density at radius 1 is 1.39 bits per heavy atom. The molecule has 2 aromatic heterocycles. The second-order valence-electron chi connectivity index (χ2n) is 7.14. The molecule has 0 spiro atoms. The lowest BCUT2D eigenvalue weighted by atomic mass is 10.2. The number of ether oxygens (including phenoxy) is 1. The molecule has 7 nitrogen and oxygen atoms in total. The summed E-state index contributed by atoms with van der Waals surface area (Å²) in [5.41, 5.74) is 1.81.